The van der Waals surface area contributed by atoms with E-state index >= 15 is 0 Å². The van der Waals surface area contributed by atoms with Gasteiger partial charge in [-0.3, -0.25) is 4.79 Å². The second-order valence-corrected chi connectivity index (χ2v) is 3.39. The van der Waals surface area contributed by atoms with Crippen LogP contribution in [-0.2, 0) is 7.05 Å². The summed E-state index contributed by atoms with van der Waals surface area (Å²) in [6.07, 6.45) is 3.38. The average Bonchev–Trinajstić information content (AvgIpc) is 2.65. The molecule has 5 heteroatoms. The number of carbonyl (C=O) groups is 1. The number of nitrogens with zero attached hydrogens (tertiary/aromatic N) is 4. The Kier molecular flexibility index (Phi) is 2.49. The maximum absolute atomic E-state index is 11.8. The lowest BCUT2D eigenvalue weighted by molar-refractivity contribution is 0.0729. The van der Waals surface area contributed by atoms with Crippen LogP contribution in [0.5, 0.6) is 0 Å². The zero-order valence-corrected chi connectivity index (χ0v) is 8.18. The first-order valence-corrected chi connectivity index (χ1v) is 4.68. The van der Waals surface area contributed by atoms with E-state index in [2.05, 4.69) is 10.3 Å². The molecule has 1 aromatic heterocycles. The average molecular weight is 193 g/mol. The standard InChI is InChI=1S/C9H13N4O/c1-12-6-8(11-7-12)9(14)13-4-2-10-3-5-13/h6-7H,2-5H2,1H3. The molecule has 1 aromatic rings. The number of hydrogen-bond acceptors (Lipinski definition) is 2. The molecule has 75 valence electrons. The molecular weight excluding hydrogens is 180 g/mol. The molecule has 1 aliphatic rings. The molecule has 1 amide bonds. The maximum atomic E-state index is 11.8. The van der Waals surface area contributed by atoms with E-state index in [4.69, 9.17) is 0 Å². The number of hydrogen-bond donors (Lipinski definition) is 0. The van der Waals surface area contributed by atoms with Gasteiger partial charge in [0.1, 0.15) is 5.69 Å². The topological polar surface area (TPSA) is 52.2 Å². The first-order valence-electron chi connectivity index (χ1n) is 4.68. The van der Waals surface area contributed by atoms with Gasteiger partial charge in [0.15, 0.2) is 0 Å². The van der Waals surface area contributed by atoms with Crippen LogP contribution in [0.15, 0.2) is 12.5 Å². The van der Waals surface area contributed by atoms with Crippen molar-refractivity contribution in [1.82, 2.24) is 19.8 Å². The first-order chi connectivity index (χ1) is 6.77. The van der Waals surface area contributed by atoms with Gasteiger partial charge < -0.3 is 9.47 Å². The maximum Gasteiger partial charge on any atom is 0.274 e. The van der Waals surface area contributed by atoms with Gasteiger partial charge in [-0.15, -0.1) is 0 Å². The molecule has 0 unspecified atom stereocenters. The van der Waals surface area contributed by atoms with Crippen molar-refractivity contribution in [2.75, 3.05) is 26.2 Å². The largest absolute Gasteiger partial charge is 0.340 e. The number of carbonyl (C=O) groups excluding carboxylic acids is 1. The number of amides is 1. The number of imidazole rings is 1. The van der Waals surface area contributed by atoms with E-state index in [-0.39, 0.29) is 5.91 Å². The van der Waals surface area contributed by atoms with E-state index in [9.17, 15) is 4.79 Å². The zero-order valence-electron chi connectivity index (χ0n) is 8.18. The Morgan fingerprint density at radius 1 is 1.43 bits per heavy atom. The summed E-state index contributed by atoms with van der Waals surface area (Å²) in [7, 11) is 1.86. The van der Waals surface area contributed by atoms with Crippen LogP contribution >= 0.6 is 0 Å². The molecule has 0 aromatic carbocycles. The molecule has 0 spiro atoms. The molecule has 2 rings (SSSR count). The molecule has 2 heterocycles. The van der Waals surface area contributed by atoms with Crippen LogP contribution in [-0.4, -0.2) is 46.5 Å². The summed E-state index contributed by atoms with van der Waals surface area (Å²) in [5.41, 5.74) is 0.523. The summed E-state index contributed by atoms with van der Waals surface area (Å²) in [5, 5.41) is 4.19. The van der Waals surface area contributed by atoms with E-state index < -0.39 is 0 Å². The summed E-state index contributed by atoms with van der Waals surface area (Å²) < 4.78 is 1.78. The molecule has 0 N–H and O–H groups in total. The fourth-order valence-corrected chi connectivity index (χ4v) is 1.49. The molecule has 1 aliphatic heterocycles. The SMILES string of the molecule is Cn1cnc(C(=O)N2CC[N]CC2)c1. The fraction of sp³-hybridized carbons (Fsp3) is 0.556. The highest BCUT2D eigenvalue weighted by Gasteiger charge is 2.19. The number of piperazine rings is 1. The lowest BCUT2D eigenvalue weighted by atomic mass is 10.3. The Balaban J connectivity index is 2.07. The Morgan fingerprint density at radius 3 is 2.71 bits per heavy atom. The third kappa shape index (κ3) is 1.77. The van der Waals surface area contributed by atoms with Gasteiger partial charge in [0.25, 0.3) is 5.91 Å². The van der Waals surface area contributed by atoms with Gasteiger partial charge in [0.2, 0.25) is 0 Å². The van der Waals surface area contributed by atoms with Crippen molar-refractivity contribution in [1.29, 1.82) is 0 Å². The minimum atomic E-state index is 0.0144. The second-order valence-electron chi connectivity index (χ2n) is 3.39. The van der Waals surface area contributed by atoms with Crippen molar-refractivity contribution >= 4 is 5.91 Å². The predicted molar refractivity (Wildman–Crippen MR) is 51.0 cm³/mol. The van der Waals surface area contributed by atoms with E-state index in [1.54, 1.807) is 22.0 Å². The smallest absolute Gasteiger partial charge is 0.274 e. The van der Waals surface area contributed by atoms with Crippen LogP contribution in [0.3, 0.4) is 0 Å². The van der Waals surface area contributed by atoms with Crippen molar-refractivity contribution in [2.45, 2.75) is 0 Å². The van der Waals surface area contributed by atoms with Gasteiger partial charge in [0.05, 0.1) is 6.33 Å². The first kappa shape index (κ1) is 9.21. The Hall–Kier alpha value is -1.36. The summed E-state index contributed by atoms with van der Waals surface area (Å²) in [6.45, 7) is 2.93. The van der Waals surface area contributed by atoms with E-state index in [0.29, 0.717) is 5.69 Å². The van der Waals surface area contributed by atoms with E-state index in [1.165, 1.54) is 0 Å². The van der Waals surface area contributed by atoms with Crippen LogP contribution in [0.4, 0.5) is 0 Å². The Morgan fingerprint density at radius 2 is 2.14 bits per heavy atom. The van der Waals surface area contributed by atoms with Gasteiger partial charge in [-0.25, -0.2) is 10.3 Å². The summed E-state index contributed by atoms with van der Waals surface area (Å²) in [5.74, 6) is 0.0144. The minimum Gasteiger partial charge on any atom is -0.340 e. The van der Waals surface area contributed by atoms with Crippen LogP contribution in [0.1, 0.15) is 10.5 Å². The molecule has 0 aliphatic carbocycles. The highest BCUT2D eigenvalue weighted by Crippen LogP contribution is 2.03. The highest BCUT2D eigenvalue weighted by molar-refractivity contribution is 5.92. The van der Waals surface area contributed by atoms with Gasteiger partial charge >= 0.3 is 0 Å². The molecule has 0 saturated carbocycles. The van der Waals surface area contributed by atoms with Gasteiger partial charge in [-0.1, -0.05) is 0 Å². The van der Waals surface area contributed by atoms with E-state index in [1.807, 2.05) is 7.05 Å². The molecule has 1 saturated heterocycles. The number of aryl methyl sites for hydroxylation is 1. The second kappa shape index (κ2) is 3.79. The quantitative estimate of drug-likeness (QED) is 0.602. The third-order valence-corrected chi connectivity index (χ3v) is 2.27. The van der Waals surface area contributed by atoms with Crippen LogP contribution in [0, 0.1) is 0 Å². The van der Waals surface area contributed by atoms with Crippen LogP contribution in [0.2, 0.25) is 0 Å². The van der Waals surface area contributed by atoms with Crippen LogP contribution < -0.4 is 5.32 Å². The normalized spacial score (nSPS) is 17.1. The minimum absolute atomic E-state index is 0.0144. The molecular formula is C9H13N4O. The third-order valence-electron chi connectivity index (χ3n) is 2.27. The Bertz CT molecular complexity index is 327. The van der Waals surface area contributed by atoms with E-state index in [0.717, 1.165) is 26.2 Å². The van der Waals surface area contributed by atoms with Gasteiger partial charge in [-0.05, 0) is 0 Å². The van der Waals surface area contributed by atoms with Crippen molar-refractivity contribution in [3.05, 3.63) is 18.2 Å². The lowest BCUT2D eigenvalue weighted by Gasteiger charge is -2.25. The van der Waals surface area contributed by atoms with Gasteiger partial charge in [0, 0.05) is 39.4 Å². The van der Waals surface area contributed by atoms with Crippen LogP contribution in [0.25, 0.3) is 0 Å². The van der Waals surface area contributed by atoms with Crippen molar-refractivity contribution in [2.24, 2.45) is 7.05 Å². The highest BCUT2D eigenvalue weighted by atomic mass is 16.2. The lowest BCUT2D eigenvalue weighted by Crippen LogP contribution is -2.43. The molecule has 1 fully saturated rings. The number of aromatic nitrogens is 2. The molecule has 0 atom stereocenters. The molecule has 14 heavy (non-hydrogen) atoms. The summed E-state index contributed by atoms with van der Waals surface area (Å²) in [6, 6.07) is 0. The fourth-order valence-electron chi connectivity index (χ4n) is 1.49. The molecule has 5 nitrogen and oxygen atoms in total. The zero-order chi connectivity index (χ0) is 9.97. The van der Waals surface area contributed by atoms with Crippen molar-refractivity contribution < 1.29 is 4.79 Å². The monoisotopic (exact) mass is 193 g/mol. The van der Waals surface area contributed by atoms with Crippen molar-refractivity contribution in [3.63, 3.8) is 0 Å². The molecule has 1 radical (unpaired) electrons. The molecule has 0 bridgehead atoms. The number of rotatable bonds is 1. The summed E-state index contributed by atoms with van der Waals surface area (Å²) in [4.78, 5) is 17.7. The van der Waals surface area contributed by atoms with Crippen molar-refractivity contribution in [3.8, 4) is 0 Å². The Labute approximate surface area is 82.7 Å². The summed E-state index contributed by atoms with van der Waals surface area (Å²) >= 11 is 0. The predicted octanol–water partition coefficient (Wildman–Crippen LogP) is -0.520. The van der Waals surface area contributed by atoms with Gasteiger partial charge in [-0.2, -0.15) is 0 Å².